The number of hydrogen-bond acceptors (Lipinski definition) is 2. The molecule has 1 heterocycles. The molecule has 0 aliphatic heterocycles. The summed E-state index contributed by atoms with van der Waals surface area (Å²) in [6, 6.07) is 2.71. The summed E-state index contributed by atoms with van der Waals surface area (Å²) in [4.78, 5) is 1.47. The largest absolute Gasteiger partial charge is 0.312 e. The van der Waals surface area contributed by atoms with Gasteiger partial charge in [0.05, 0.1) is 0 Å². The molecule has 0 saturated heterocycles. The third-order valence-electron chi connectivity index (χ3n) is 2.86. The second kappa shape index (κ2) is 4.11. The normalized spacial score (nSPS) is 19.8. The lowest BCUT2D eigenvalue weighted by Crippen LogP contribution is -2.29. The van der Waals surface area contributed by atoms with E-state index in [0.717, 1.165) is 5.92 Å². The van der Waals surface area contributed by atoms with Crippen molar-refractivity contribution in [3.63, 3.8) is 0 Å². The van der Waals surface area contributed by atoms with Gasteiger partial charge in [0, 0.05) is 15.4 Å². The summed E-state index contributed by atoms with van der Waals surface area (Å²) in [5, 5.41) is 5.58. The van der Waals surface area contributed by atoms with Crippen molar-refractivity contribution in [2.24, 2.45) is 5.92 Å². The molecule has 1 nitrogen and oxygen atoms in total. The van der Waals surface area contributed by atoms with Gasteiger partial charge in [-0.3, -0.25) is 0 Å². The van der Waals surface area contributed by atoms with Crippen LogP contribution < -0.4 is 5.32 Å². The average molecular weight is 260 g/mol. The molecular formula is C10H14BrNS. The number of rotatable bonds is 3. The van der Waals surface area contributed by atoms with Gasteiger partial charge in [-0.25, -0.2) is 0 Å². The highest BCUT2D eigenvalue weighted by Crippen LogP contribution is 2.41. The van der Waals surface area contributed by atoms with Crippen LogP contribution in [-0.4, -0.2) is 7.05 Å². The van der Waals surface area contributed by atoms with Crippen LogP contribution in [0, 0.1) is 5.92 Å². The number of hydrogen-bond donors (Lipinski definition) is 1. The Morgan fingerprint density at radius 2 is 2.38 bits per heavy atom. The molecule has 1 saturated carbocycles. The first-order valence-corrected chi connectivity index (χ1v) is 6.40. The molecule has 1 fully saturated rings. The summed E-state index contributed by atoms with van der Waals surface area (Å²) in [5.74, 6) is 0.861. The van der Waals surface area contributed by atoms with E-state index in [-0.39, 0.29) is 0 Å². The van der Waals surface area contributed by atoms with Crippen molar-refractivity contribution in [1.82, 2.24) is 5.32 Å². The van der Waals surface area contributed by atoms with E-state index < -0.39 is 0 Å². The van der Waals surface area contributed by atoms with E-state index in [1.165, 1.54) is 28.6 Å². The van der Waals surface area contributed by atoms with Crippen LogP contribution in [0.2, 0.25) is 0 Å². The Hall–Kier alpha value is 0.140. The third kappa shape index (κ3) is 1.83. The first-order chi connectivity index (χ1) is 6.33. The summed E-state index contributed by atoms with van der Waals surface area (Å²) < 4.78 is 1.27. The molecule has 0 bridgehead atoms. The van der Waals surface area contributed by atoms with Crippen molar-refractivity contribution in [2.75, 3.05) is 7.05 Å². The standard InChI is InChI=1S/C10H14BrNS/c1-12-9(7-3-2-4-7)10-8(11)5-6-13-10/h5-7,9,12H,2-4H2,1H3. The smallest absolute Gasteiger partial charge is 0.0452 e. The predicted molar refractivity (Wildman–Crippen MR) is 61.2 cm³/mol. The van der Waals surface area contributed by atoms with Crippen LogP contribution in [0.1, 0.15) is 30.2 Å². The van der Waals surface area contributed by atoms with Crippen LogP contribution in [0.25, 0.3) is 0 Å². The maximum atomic E-state index is 3.60. The predicted octanol–water partition coefficient (Wildman–Crippen LogP) is 3.57. The minimum Gasteiger partial charge on any atom is -0.312 e. The van der Waals surface area contributed by atoms with E-state index in [9.17, 15) is 0 Å². The summed E-state index contributed by atoms with van der Waals surface area (Å²) >= 11 is 5.45. The van der Waals surface area contributed by atoms with Crippen molar-refractivity contribution in [3.8, 4) is 0 Å². The molecule has 1 unspecified atom stereocenters. The highest BCUT2D eigenvalue weighted by molar-refractivity contribution is 9.10. The van der Waals surface area contributed by atoms with Crippen LogP contribution >= 0.6 is 27.3 Å². The zero-order chi connectivity index (χ0) is 9.26. The molecule has 1 aliphatic rings. The second-order valence-corrected chi connectivity index (χ2v) is 5.39. The zero-order valence-electron chi connectivity index (χ0n) is 7.72. The first-order valence-electron chi connectivity index (χ1n) is 4.73. The summed E-state index contributed by atoms with van der Waals surface area (Å²) in [7, 11) is 2.06. The van der Waals surface area contributed by atoms with E-state index in [4.69, 9.17) is 0 Å². The fourth-order valence-electron chi connectivity index (χ4n) is 1.88. The topological polar surface area (TPSA) is 12.0 Å². The Bertz CT molecular complexity index is 280. The Labute approximate surface area is 91.7 Å². The minimum absolute atomic E-state index is 0.572. The Morgan fingerprint density at radius 1 is 1.62 bits per heavy atom. The van der Waals surface area contributed by atoms with Crippen LogP contribution in [0.4, 0.5) is 0 Å². The first kappa shape index (κ1) is 9.69. The summed E-state index contributed by atoms with van der Waals surface area (Å²) in [6.07, 6.45) is 4.18. The summed E-state index contributed by atoms with van der Waals surface area (Å²) in [6.45, 7) is 0. The SMILES string of the molecule is CNC(c1sccc1Br)C1CCC1. The Balaban J connectivity index is 2.16. The van der Waals surface area contributed by atoms with Gasteiger partial charge in [-0.1, -0.05) is 6.42 Å². The minimum atomic E-state index is 0.572. The molecule has 13 heavy (non-hydrogen) atoms. The zero-order valence-corrected chi connectivity index (χ0v) is 10.1. The maximum Gasteiger partial charge on any atom is 0.0452 e. The van der Waals surface area contributed by atoms with E-state index in [1.54, 1.807) is 0 Å². The van der Waals surface area contributed by atoms with Crippen LogP contribution in [-0.2, 0) is 0 Å². The fraction of sp³-hybridized carbons (Fsp3) is 0.600. The molecule has 1 aromatic rings. The van der Waals surface area contributed by atoms with Gasteiger partial charge in [-0.2, -0.15) is 0 Å². The quantitative estimate of drug-likeness (QED) is 0.876. The van der Waals surface area contributed by atoms with Crippen molar-refractivity contribution >= 4 is 27.3 Å². The van der Waals surface area contributed by atoms with Crippen LogP contribution in [0.15, 0.2) is 15.9 Å². The van der Waals surface area contributed by atoms with Crippen LogP contribution in [0.3, 0.4) is 0 Å². The Morgan fingerprint density at radius 3 is 2.77 bits per heavy atom. The highest BCUT2D eigenvalue weighted by Gasteiger charge is 2.29. The molecule has 2 rings (SSSR count). The van der Waals surface area contributed by atoms with Gasteiger partial charge < -0.3 is 5.32 Å². The molecule has 1 N–H and O–H groups in total. The molecule has 0 aromatic carbocycles. The lowest BCUT2D eigenvalue weighted by atomic mass is 9.79. The molecule has 0 spiro atoms. The number of thiophene rings is 1. The molecule has 3 heteroatoms. The molecule has 0 radical (unpaired) electrons. The molecule has 1 atom stereocenters. The lowest BCUT2D eigenvalue weighted by Gasteiger charge is -2.33. The third-order valence-corrected chi connectivity index (χ3v) is 4.81. The van der Waals surface area contributed by atoms with Gasteiger partial charge in [0.15, 0.2) is 0 Å². The van der Waals surface area contributed by atoms with Crippen molar-refractivity contribution in [1.29, 1.82) is 0 Å². The molecule has 1 aliphatic carbocycles. The maximum absolute atomic E-state index is 3.60. The molecule has 0 amide bonds. The monoisotopic (exact) mass is 259 g/mol. The molecular weight excluding hydrogens is 246 g/mol. The van der Waals surface area contributed by atoms with Gasteiger partial charge in [0.1, 0.15) is 0 Å². The molecule has 72 valence electrons. The Kier molecular flexibility index (Phi) is 3.06. The highest BCUT2D eigenvalue weighted by atomic mass is 79.9. The lowest BCUT2D eigenvalue weighted by molar-refractivity contribution is 0.241. The van der Waals surface area contributed by atoms with Crippen molar-refractivity contribution in [3.05, 3.63) is 20.8 Å². The van der Waals surface area contributed by atoms with Gasteiger partial charge in [-0.05, 0) is 53.2 Å². The van der Waals surface area contributed by atoms with Crippen molar-refractivity contribution in [2.45, 2.75) is 25.3 Å². The van der Waals surface area contributed by atoms with E-state index in [1.807, 2.05) is 11.3 Å². The summed E-state index contributed by atoms with van der Waals surface area (Å²) in [5.41, 5.74) is 0. The van der Waals surface area contributed by atoms with E-state index >= 15 is 0 Å². The fourth-order valence-corrected chi connectivity index (χ4v) is 3.70. The van der Waals surface area contributed by atoms with Gasteiger partial charge in [-0.15, -0.1) is 11.3 Å². The van der Waals surface area contributed by atoms with Gasteiger partial charge >= 0.3 is 0 Å². The second-order valence-electron chi connectivity index (χ2n) is 3.59. The van der Waals surface area contributed by atoms with Gasteiger partial charge in [0.25, 0.3) is 0 Å². The number of halogens is 1. The average Bonchev–Trinajstić information content (AvgIpc) is 2.43. The number of nitrogens with one attached hydrogen (secondary N) is 1. The van der Waals surface area contributed by atoms with Gasteiger partial charge in [0.2, 0.25) is 0 Å². The van der Waals surface area contributed by atoms with Crippen LogP contribution in [0.5, 0.6) is 0 Å². The van der Waals surface area contributed by atoms with E-state index in [0.29, 0.717) is 6.04 Å². The van der Waals surface area contributed by atoms with E-state index in [2.05, 4.69) is 39.7 Å². The van der Waals surface area contributed by atoms with Crippen molar-refractivity contribution < 1.29 is 0 Å². The molecule has 1 aromatic heterocycles.